The molecular formula is C13H25N5. The monoisotopic (exact) mass is 251 g/mol. The van der Waals surface area contributed by atoms with Crippen LogP contribution in [-0.2, 0) is 0 Å². The van der Waals surface area contributed by atoms with E-state index in [-0.39, 0.29) is 0 Å². The zero-order valence-corrected chi connectivity index (χ0v) is 11.9. The van der Waals surface area contributed by atoms with Crippen LogP contribution in [0.2, 0.25) is 0 Å². The highest BCUT2D eigenvalue weighted by Crippen LogP contribution is 2.06. The van der Waals surface area contributed by atoms with Crippen molar-refractivity contribution in [1.82, 2.24) is 14.9 Å². The predicted molar refractivity (Wildman–Crippen MR) is 77.1 cm³/mol. The Balaban J connectivity index is 2.37. The van der Waals surface area contributed by atoms with Crippen molar-refractivity contribution in [2.75, 3.05) is 37.3 Å². The van der Waals surface area contributed by atoms with Gasteiger partial charge in [-0.15, -0.1) is 0 Å². The minimum absolute atomic E-state index is 0.565. The molecule has 1 aromatic rings. The summed E-state index contributed by atoms with van der Waals surface area (Å²) in [6.45, 7) is 9.30. The zero-order chi connectivity index (χ0) is 13.4. The number of hydrogen-bond donors (Lipinski definition) is 2. The predicted octanol–water partition coefficient (Wildman–Crippen LogP) is 2.05. The first-order chi connectivity index (χ1) is 8.63. The fraction of sp³-hybridized carbons (Fsp3) is 0.692. The quantitative estimate of drug-likeness (QED) is 0.740. The Morgan fingerprint density at radius 2 is 1.78 bits per heavy atom. The van der Waals surface area contributed by atoms with Crippen molar-refractivity contribution in [3.05, 3.63) is 12.4 Å². The lowest BCUT2D eigenvalue weighted by atomic mass is 10.3. The largest absolute Gasteiger partial charge is 0.369 e. The molecule has 102 valence electrons. The van der Waals surface area contributed by atoms with Crippen LogP contribution in [-0.4, -0.2) is 47.6 Å². The third kappa shape index (κ3) is 5.31. The maximum absolute atomic E-state index is 4.45. The number of nitrogens with one attached hydrogen (secondary N) is 2. The molecule has 0 unspecified atom stereocenters. The molecule has 0 saturated heterocycles. The second-order valence-corrected chi connectivity index (χ2v) is 4.72. The van der Waals surface area contributed by atoms with E-state index >= 15 is 0 Å². The molecule has 5 heteroatoms. The Morgan fingerprint density at radius 3 is 2.33 bits per heavy atom. The van der Waals surface area contributed by atoms with E-state index in [0.717, 1.165) is 37.7 Å². The molecule has 0 aliphatic carbocycles. The molecule has 2 N–H and O–H groups in total. The van der Waals surface area contributed by atoms with Gasteiger partial charge in [-0.25, -0.2) is 4.98 Å². The fourth-order valence-electron chi connectivity index (χ4n) is 1.41. The van der Waals surface area contributed by atoms with Crippen molar-refractivity contribution in [3.8, 4) is 0 Å². The Labute approximate surface area is 110 Å². The lowest BCUT2D eigenvalue weighted by Gasteiger charge is -2.21. The first-order valence-electron chi connectivity index (χ1n) is 6.63. The van der Waals surface area contributed by atoms with Crippen molar-refractivity contribution >= 4 is 11.6 Å². The number of rotatable bonds is 8. The van der Waals surface area contributed by atoms with Crippen molar-refractivity contribution in [2.45, 2.75) is 33.2 Å². The highest BCUT2D eigenvalue weighted by atomic mass is 15.1. The second kappa shape index (κ2) is 7.87. The van der Waals surface area contributed by atoms with Crippen LogP contribution in [0.4, 0.5) is 11.6 Å². The van der Waals surface area contributed by atoms with Gasteiger partial charge in [-0.3, -0.25) is 4.98 Å². The molecule has 1 heterocycles. The molecule has 0 aliphatic rings. The van der Waals surface area contributed by atoms with Gasteiger partial charge in [0.2, 0.25) is 0 Å². The number of nitrogens with zero attached hydrogens (tertiary/aromatic N) is 3. The minimum atomic E-state index is 0.565. The Kier molecular flexibility index (Phi) is 6.43. The first-order valence-corrected chi connectivity index (χ1v) is 6.63. The summed E-state index contributed by atoms with van der Waals surface area (Å²) < 4.78 is 0. The van der Waals surface area contributed by atoms with E-state index in [9.17, 15) is 0 Å². The molecule has 0 fully saturated rings. The smallest absolute Gasteiger partial charge is 0.147 e. The molecule has 1 rings (SSSR count). The molecule has 0 spiro atoms. The number of aromatic nitrogens is 2. The van der Waals surface area contributed by atoms with E-state index < -0.39 is 0 Å². The highest BCUT2D eigenvalue weighted by Gasteiger charge is 2.02. The zero-order valence-electron chi connectivity index (χ0n) is 11.9. The SMILES string of the molecule is CCCNc1cncc(NCCN(C)C(C)C)n1. The fourth-order valence-corrected chi connectivity index (χ4v) is 1.41. The van der Waals surface area contributed by atoms with Crippen LogP contribution in [0.3, 0.4) is 0 Å². The van der Waals surface area contributed by atoms with Gasteiger partial charge in [0.1, 0.15) is 11.6 Å². The summed E-state index contributed by atoms with van der Waals surface area (Å²) in [5, 5.41) is 6.52. The standard InChI is InChI=1S/C13H25N5/c1-5-6-15-12-9-14-10-13(17-12)16-7-8-18(4)11(2)3/h9-11H,5-8H2,1-4H3,(H2,15,16,17). The van der Waals surface area contributed by atoms with Crippen LogP contribution in [0.5, 0.6) is 0 Å². The van der Waals surface area contributed by atoms with Gasteiger partial charge < -0.3 is 15.5 Å². The molecular weight excluding hydrogens is 226 g/mol. The lowest BCUT2D eigenvalue weighted by Crippen LogP contribution is -2.31. The Morgan fingerprint density at radius 1 is 1.17 bits per heavy atom. The molecule has 0 radical (unpaired) electrons. The van der Waals surface area contributed by atoms with Crippen molar-refractivity contribution < 1.29 is 0 Å². The van der Waals surface area contributed by atoms with Gasteiger partial charge in [-0.05, 0) is 27.3 Å². The highest BCUT2D eigenvalue weighted by molar-refractivity contribution is 5.41. The van der Waals surface area contributed by atoms with E-state index in [0.29, 0.717) is 6.04 Å². The van der Waals surface area contributed by atoms with Crippen molar-refractivity contribution in [1.29, 1.82) is 0 Å². The molecule has 0 aromatic carbocycles. The van der Waals surface area contributed by atoms with Crippen LogP contribution in [0, 0.1) is 0 Å². The van der Waals surface area contributed by atoms with E-state index in [1.54, 1.807) is 12.4 Å². The maximum atomic E-state index is 4.45. The molecule has 0 bridgehead atoms. The Hall–Kier alpha value is -1.36. The number of anilines is 2. The summed E-state index contributed by atoms with van der Waals surface area (Å²) in [6.07, 6.45) is 4.59. The van der Waals surface area contributed by atoms with Gasteiger partial charge in [0.05, 0.1) is 12.4 Å². The van der Waals surface area contributed by atoms with Crippen molar-refractivity contribution in [3.63, 3.8) is 0 Å². The second-order valence-electron chi connectivity index (χ2n) is 4.72. The Bertz CT molecular complexity index is 340. The molecule has 0 atom stereocenters. The molecule has 1 aromatic heterocycles. The van der Waals surface area contributed by atoms with E-state index in [1.807, 2.05) is 0 Å². The van der Waals surface area contributed by atoms with Gasteiger partial charge in [-0.1, -0.05) is 6.92 Å². The maximum Gasteiger partial charge on any atom is 0.147 e. The van der Waals surface area contributed by atoms with Crippen LogP contribution in [0.15, 0.2) is 12.4 Å². The normalized spacial score (nSPS) is 11.0. The van der Waals surface area contributed by atoms with Crippen LogP contribution in [0.25, 0.3) is 0 Å². The molecule has 0 amide bonds. The van der Waals surface area contributed by atoms with Crippen LogP contribution >= 0.6 is 0 Å². The van der Waals surface area contributed by atoms with E-state index in [2.05, 4.69) is 53.3 Å². The van der Waals surface area contributed by atoms with E-state index in [4.69, 9.17) is 0 Å². The number of likely N-dealkylation sites (N-methyl/N-ethyl adjacent to an activating group) is 1. The van der Waals surface area contributed by atoms with Gasteiger partial charge in [0.25, 0.3) is 0 Å². The van der Waals surface area contributed by atoms with E-state index in [1.165, 1.54) is 0 Å². The average molecular weight is 251 g/mol. The topological polar surface area (TPSA) is 53.1 Å². The molecule has 0 aliphatic heterocycles. The summed E-state index contributed by atoms with van der Waals surface area (Å²) in [4.78, 5) is 10.9. The first kappa shape index (κ1) is 14.7. The summed E-state index contributed by atoms with van der Waals surface area (Å²) >= 11 is 0. The molecule has 5 nitrogen and oxygen atoms in total. The van der Waals surface area contributed by atoms with Gasteiger partial charge in [0, 0.05) is 25.7 Å². The van der Waals surface area contributed by atoms with Gasteiger partial charge in [-0.2, -0.15) is 0 Å². The van der Waals surface area contributed by atoms with Crippen LogP contribution < -0.4 is 10.6 Å². The average Bonchev–Trinajstić information content (AvgIpc) is 2.36. The van der Waals surface area contributed by atoms with Gasteiger partial charge in [0.15, 0.2) is 0 Å². The molecule has 18 heavy (non-hydrogen) atoms. The summed E-state index contributed by atoms with van der Waals surface area (Å²) in [6, 6.07) is 0.565. The molecule has 0 saturated carbocycles. The third-order valence-electron chi connectivity index (χ3n) is 2.84. The van der Waals surface area contributed by atoms with Crippen LogP contribution in [0.1, 0.15) is 27.2 Å². The lowest BCUT2D eigenvalue weighted by molar-refractivity contribution is 0.284. The number of hydrogen-bond acceptors (Lipinski definition) is 5. The van der Waals surface area contributed by atoms with Gasteiger partial charge >= 0.3 is 0 Å². The minimum Gasteiger partial charge on any atom is -0.369 e. The summed E-state index contributed by atoms with van der Waals surface area (Å²) in [7, 11) is 2.12. The summed E-state index contributed by atoms with van der Waals surface area (Å²) in [5.74, 6) is 1.66. The van der Waals surface area contributed by atoms with Crippen molar-refractivity contribution in [2.24, 2.45) is 0 Å². The summed E-state index contributed by atoms with van der Waals surface area (Å²) in [5.41, 5.74) is 0. The third-order valence-corrected chi connectivity index (χ3v) is 2.84.